The number of aromatic nitrogens is 2. The maximum absolute atomic E-state index is 6.18. The molecular formula is C18H27N3. The van der Waals surface area contributed by atoms with Gasteiger partial charge in [-0.1, -0.05) is 58.9 Å². The lowest BCUT2D eigenvalue weighted by molar-refractivity contribution is 0.589. The Morgan fingerprint density at radius 2 is 1.67 bits per heavy atom. The zero-order valence-corrected chi connectivity index (χ0v) is 13.9. The van der Waals surface area contributed by atoms with E-state index in [0.29, 0.717) is 0 Å². The van der Waals surface area contributed by atoms with Gasteiger partial charge in [0.15, 0.2) is 0 Å². The second-order valence-electron chi connectivity index (χ2n) is 6.62. The lowest BCUT2D eigenvalue weighted by Gasteiger charge is -2.19. The molecule has 0 unspecified atom stereocenters. The zero-order chi connectivity index (χ0) is 15.6. The van der Waals surface area contributed by atoms with Crippen LogP contribution in [0.1, 0.15) is 57.1 Å². The highest BCUT2D eigenvalue weighted by molar-refractivity contribution is 5.48. The second kappa shape index (κ2) is 5.92. The van der Waals surface area contributed by atoms with Gasteiger partial charge in [-0.2, -0.15) is 5.10 Å². The molecule has 0 atom stereocenters. The van der Waals surface area contributed by atoms with Crippen LogP contribution in [0.5, 0.6) is 0 Å². The number of nitrogen functional groups attached to an aromatic ring is 1. The number of hydrogen-bond acceptors (Lipinski definition) is 2. The minimum Gasteiger partial charge on any atom is -0.396 e. The Labute approximate surface area is 128 Å². The lowest BCUT2D eigenvalue weighted by atomic mass is 9.87. The Morgan fingerprint density at radius 3 is 2.14 bits per heavy atom. The Kier molecular flexibility index (Phi) is 4.40. The molecule has 114 valence electrons. The fourth-order valence-corrected chi connectivity index (χ4v) is 2.61. The first-order valence-electron chi connectivity index (χ1n) is 7.80. The van der Waals surface area contributed by atoms with Crippen molar-refractivity contribution in [2.24, 2.45) is 0 Å². The van der Waals surface area contributed by atoms with Gasteiger partial charge >= 0.3 is 0 Å². The molecule has 0 aliphatic rings. The molecule has 0 amide bonds. The molecule has 0 aliphatic carbocycles. The number of benzene rings is 1. The molecule has 0 aliphatic heterocycles. The van der Waals surface area contributed by atoms with Gasteiger partial charge in [0.25, 0.3) is 0 Å². The molecule has 2 rings (SSSR count). The first-order chi connectivity index (χ1) is 9.86. The van der Waals surface area contributed by atoms with Crippen LogP contribution in [0, 0.1) is 0 Å². The summed E-state index contributed by atoms with van der Waals surface area (Å²) in [6, 6.07) is 8.83. The smallest absolute Gasteiger partial charge is 0.0854 e. The summed E-state index contributed by atoms with van der Waals surface area (Å²) in [5.74, 6) is 0. The van der Waals surface area contributed by atoms with Crippen molar-refractivity contribution in [2.45, 2.75) is 59.4 Å². The average Bonchev–Trinajstić information content (AvgIpc) is 2.73. The van der Waals surface area contributed by atoms with Crippen molar-refractivity contribution >= 4 is 5.69 Å². The highest BCUT2D eigenvalue weighted by Crippen LogP contribution is 2.23. The molecular weight excluding hydrogens is 258 g/mol. The third-order valence-electron chi connectivity index (χ3n) is 4.00. The normalized spacial score (nSPS) is 11.9. The molecule has 2 N–H and O–H groups in total. The molecule has 3 nitrogen and oxygen atoms in total. The standard InChI is InChI=1S/C18H27N3/c1-6-15-17(19)16(7-2)21(20-15)12-13-8-10-14(11-9-13)18(3,4)5/h8-11H,6-7,12,19H2,1-5H3. The zero-order valence-electron chi connectivity index (χ0n) is 13.9. The largest absolute Gasteiger partial charge is 0.396 e. The van der Waals surface area contributed by atoms with Crippen molar-refractivity contribution in [2.75, 3.05) is 5.73 Å². The van der Waals surface area contributed by atoms with Crippen LogP contribution in [0.3, 0.4) is 0 Å². The fraction of sp³-hybridized carbons (Fsp3) is 0.500. The molecule has 0 saturated heterocycles. The number of aryl methyl sites for hydroxylation is 1. The van der Waals surface area contributed by atoms with E-state index in [4.69, 9.17) is 5.73 Å². The Morgan fingerprint density at radius 1 is 1.05 bits per heavy atom. The predicted molar refractivity (Wildman–Crippen MR) is 89.6 cm³/mol. The van der Waals surface area contributed by atoms with E-state index >= 15 is 0 Å². The number of nitrogens with zero attached hydrogens (tertiary/aromatic N) is 2. The molecule has 21 heavy (non-hydrogen) atoms. The number of anilines is 1. The summed E-state index contributed by atoms with van der Waals surface area (Å²) in [7, 11) is 0. The van der Waals surface area contributed by atoms with Crippen LogP contribution in [0.25, 0.3) is 0 Å². The van der Waals surface area contributed by atoms with E-state index in [-0.39, 0.29) is 5.41 Å². The molecule has 1 aromatic carbocycles. The summed E-state index contributed by atoms with van der Waals surface area (Å²) in [5.41, 5.74) is 12.0. The average molecular weight is 285 g/mol. The van der Waals surface area contributed by atoms with Crippen LogP contribution >= 0.6 is 0 Å². The van der Waals surface area contributed by atoms with Crippen molar-refractivity contribution in [3.63, 3.8) is 0 Å². The van der Waals surface area contributed by atoms with E-state index in [1.54, 1.807) is 0 Å². The summed E-state index contributed by atoms with van der Waals surface area (Å²) in [5, 5.41) is 4.66. The second-order valence-corrected chi connectivity index (χ2v) is 6.62. The fourth-order valence-electron chi connectivity index (χ4n) is 2.61. The van der Waals surface area contributed by atoms with Gasteiger partial charge in [-0.25, -0.2) is 0 Å². The third-order valence-corrected chi connectivity index (χ3v) is 4.00. The molecule has 0 fully saturated rings. The van der Waals surface area contributed by atoms with Gasteiger partial charge in [-0.05, 0) is 29.4 Å². The van der Waals surface area contributed by atoms with Crippen molar-refractivity contribution in [3.8, 4) is 0 Å². The SMILES string of the molecule is CCc1nn(Cc2ccc(C(C)(C)C)cc2)c(CC)c1N. The van der Waals surface area contributed by atoms with Gasteiger partial charge in [0.2, 0.25) is 0 Å². The van der Waals surface area contributed by atoms with Crippen LogP contribution in [-0.4, -0.2) is 9.78 Å². The first kappa shape index (κ1) is 15.6. The van der Waals surface area contributed by atoms with Crippen LogP contribution in [0.15, 0.2) is 24.3 Å². The molecule has 0 radical (unpaired) electrons. The number of rotatable bonds is 4. The quantitative estimate of drug-likeness (QED) is 0.924. The molecule has 1 heterocycles. The van der Waals surface area contributed by atoms with E-state index in [1.807, 2.05) is 0 Å². The minimum absolute atomic E-state index is 0.193. The summed E-state index contributed by atoms with van der Waals surface area (Å²) in [6.45, 7) is 11.7. The van der Waals surface area contributed by atoms with Crippen LogP contribution < -0.4 is 5.73 Å². The maximum Gasteiger partial charge on any atom is 0.0854 e. The maximum atomic E-state index is 6.18. The molecule has 0 bridgehead atoms. The van der Waals surface area contributed by atoms with Gasteiger partial charge in [0, 0.05) is 0 Å². The summed E-state index contributed by atoms with van der Waals surface area (Å²) < 4.78 is 2.06. The van der Waals surface area contributed by atoms with E-state index in [0.717, 1.165) is 36.5 Å². The first-order valence-corrected chi connectivity index (χ1v) is 7.80. The van der Waals surface area contributed by atoms with Gasteiger partial charge in [0.1, 0.15) is 0 Å². The van der Waals surface area contributed by atoms with Gasteiger partial charge in [0.05, 0.1) is 23.6 Å². The number of nitrogens with two attached hydrogens (primary N) is 1. The van der Waals surface area contributed by atoms with E-state index in [2.05, 4.69) is 68.7 Å². The van der Waals surface area contributed by atoms with Crippen molar-refractivity contribution in [1.29, 1.82) is 0 Å². The van der Waals surface area contributed by atoms with Gasteiger partial charge < -0.3 is 5.73 Å². The van der Waals surface area contributed by atoms with E-state index in [9.17, 15) is 0 Å². The topological polar surface area (TPSA) is 43.8 Å². The predicted octanol–water partition coefficient (Wildman–Crippen LogP) is 3.94. The number of hydrogen-bond donors (Lipinski definition) is 1. The summed E-state index contributed by atoms with van der Waals surface area (Å²) >= 11 is 0. The van der Waals surface area contributed by atoms with Gasteiger partial charge in [-0.3, -0.25) is 4.68 Å². The van der Waals surface area contributed by atoms with E-state index < -0.39 is 0 Å². The third kappa shape index (κ3) is 3.29. The van der Waals surface area contributed by atoms with Crippen molar-refractivity contribution < 1.29 is 0 Å². The molecule has 0 saturated carbocycles. The van der Waals surface area contributed by atoms with Crippen molar-refractivity contribution in [3.05, 3.63) is 46.8 Å². The van der Waals surface area contributed by atoms with Crippen LogP contribution in [-0.2, 0) is 24.8 Å². The lowest BCUT2D eigenvalue weighted by Crippen LogP contribution is -2.11. The highest BCUT2D eigenvalue weighted by Gasteiger charge is 2.15. The Hall–Kier alpha value is -1.77. The molecule has 0 spiro atoms. The van der Waals surface area contributed by atoms with Gasteiger partial charge in [-0.15, -0.1) is 0 Å². The molecule has 1 aromatic heterocycles. The minimum atomic E-state index is 0.193. The Bertz CT molecular complexity index is 601. The Balaban J connectivity index is 2.26. The monoisotopic (exact) mass is 285 g/mol. The van der Waals surface area contributed by atoms with Crippen LogP contribution in [0.2, 0.25) is 0 Å². The van der Waals surface area contributed by atoms with E-state index in [1.165, 1.54) is 11.1 Å². The summed E-state index contributed by atoms with van der Waals surface area (Å²) in [6.07, 6.45) is 1.80. The highest BCUT2D eigenvalue weighted by atomic mass is 15.3. The molecule has 2 aromatic rings. The van der Waals surface area contributed by atoms with Crippen LogP contribution in [0.4, 0.5) is 5.69 Å². The van der Waals surface area contributed by atoms with Crippen molar-refractivity contribution in [1.82, 2.24) is 9.78 Å². The summed E-state index contributed by atoms with van der Waals surface area (Å²) in [4.78, 5) is 0. The molecule has 3 heteroatoms.